The van der Waals surface area contributed by atoms with E-state index in [4.69, 9.17) is 37.0 Å². The molecular weight excluding hydrogens is 1220 g/mol. The molecule has 0 bridgehead atoms. The maximum Gasteiger partial charge on any atom is 0.472 e. The van der Waals surface area contributed by atoms with Crippen LogP contribution >= 0.6 is 15.6 Å². The lowest BCUT2D eigenvalue weighted by atomic mass is 9.99. The first kappa shape index (κ1) is 90.5. The van der Waals surface area contributed by atoms with E-state index in [0.29, 0.717) is 31.6 Å². The van der Waals surface area contributed by atoms with E-state index >= 15 is 0 Å². The molecule has 0 saturated heterocycles. The van der Waals surface area contributed by atoms with Gasteiger partial charge in [0.05, 0.1) is 26.4 Å². The summed E-state index contributed by atoms with van der Waals surface area (Å²) in [6, 6.07) is 0. The molecule has 0 aromatic rings. The Labute approximate surface area is 567 Å². The Balaban J connectivity index is 5.30. The molecule has 0 spiro atoms. The highest BCUT2D eigenvalue weighted by Gasteiger charge is 2.30. The van der Waals surface area contributed by atoms with Crippen LogP contribution in [0.15, 0.2) is 24.3 Å². The minimum atomic E-state index is -4.96. The summed E-state index contributed by atoms with van der Waals surface area (Å²) in [7, 11) is -9.92. The maximum absolute atomic E-state index is 13.1. The molecule has 93 heavy (non-hydrogen) atoms. The molecule has 17 nitrogen and oxygen atoms in total. The van der Waals surface area contributed by atoms with Gasteiger partial charge in [-0.25, -0.2) is 9.13 Å². The van der Waals surface area contributed by atoms with Gasteiger partial charge in [-0.15, -0.1) is 0 Å². The van der Waals surface area contributed by atoms with Gasteiger partial charge in [-0.1, -0.05) is 297 Å². The van der Waals surface area contributed by atoms with Crippen molar-refractivity contribution in [1.82, 2.24) is 0 Å². The first-order chi connectivity index (χ1) is 44.8. The van der Waals surface area contributed by atoms with E-state index in [0.717, 1.165) is 121 Å². The molecule has 0 amide bonds. The van der Waals surface area contributed by atoms with E-state index in [-0.39, 0.29) is 25.7 Å². The molecule has 0 fully saturated rings. The van der Waals surface area contributed by atoms with Crippen molar-refractivity contribution in [1.29, 1.82) is 0 Å². The molecule has 0 aromatic carbocycles. The molecule has 19 heteroatoms. The highest BCUT2D eigenvalue weighted by atomic mass is 31.2. The van der Waals surface area contributed by atoms with Crippen LogP contribution in [-0.4, -0.2) is 96.7 Å². The molecule has 5 unspecified atom stereocenters. The fourth-order valence-corrected chi connectivity index (χ4v) is 12.2. The van der Waals surface area contributed by atoms with Crippen molar-refractivity contribution in [2.75, 3.05) is 39.6 Å². The standard InChI is InChI=1S/C74H140O17P2/c1-8-11-12-13-14-15-16-17-18-19-20-28-35-43-50-57-73(78)91-70(62-85-72(77)56-49-42-37-30-31-38-45-52-65(4)5)64-89-93(82,83)87-60-68(75)59-86-92(80,81)88-63-69(90-74(79)58-51-44-36-29-24-22-26-33-40-47-54-67(7)10-3)61-84-71(76)55-48-41-34-27-23-21-25-32-39-46-53-66(6)9-2/h15-18,65-70,75H,8-14,19-64H2,1-7H3,(H,80,81)(H,82,83)/b16-15-,18-17-/t66?,67?,68?,69-,70-/m1/s1. The normalized spacial score (nSPS) is 14.9. The molecule has 0 heterocycles. The third-order valence-electron chi connectivity index (χ3n) is 17.2. The van der Waals surface area contributed by atoms with Crippen LogP contribution in [0, 0.1) is 17.8 Å². The zero-order valence-electron chi connectivity index (χ0n) is 60.2. The van der Waals surface area contributed by atoms with Crippen LogP contribution in [0.5, 0.6) is 0 Å². The Morgan fingerprint density at radius 1 is 0.355 bits per heavy atom. The third kappa shape index (κ3) is 65.3. The summed E-state index contributed by atoms with van der Waals surface area (Å²) < 4.78 is 68.4. The van der Waals surface area contributed by atoms with Gasteiger partial charge >= 0.3 is 39.5 Å². The van der Waals surface area contributed by atoms with Crippen molar-refractivity contribution < 1.29 is 80.2 Å². The summed E-state index contributed by atoms with van der Waals surface area (Å²) in [6.45, 7) is 11.8. The Morgan fingerprint density at radius 3 is 0.957 bits per heavy atom. The van der Waals surface area contributed by atoms with Crippen LogP contribution in [0.3, 0.4) is 0 Å². The summed E-state index contributed by atoms with van der Waals surface area (Å²) in [5.41, 5.74) is 0. The summed E-state index contributed by atoms with van der Waals surface area (Å²) in [5, 5.41) is 10.6. The van der Waals surface area contributed by atoms with Gasteiger partial charge in [0.2, 0.25) is 0 Å². The molecule has 548 valence electrons. The topological polar surface area (TPSA) is 237 Å². The fraction of sp³-hybridized carbons (Fsp3) is 0.892. The number of esters is 4. The number of hydrogen-bond donors (Lipinski definition) is 3. The molecule has 0 aliphatic carbocycles. The number of allylic oxidation sites excluding steroid dienone is 4. The second-order valence-electron chi connectivity index (χ2n) is 27.0. The molecule has 3 N–H and O–H groups in total. The number of ether oxygens (including phenoxy) is 4. The predicted molar refractivity (Wildman–Crippen MR) is 377 cm³/mol. The molecule has 0 rings (SSSR count). The Bertz CT molecular complexity index is 1920. The Morgan fingerprint density at radius 2 is 0.634 bits per heavy atom. The van der Waals surface area contributed by atoms with E-state index in [1.54, 1.807) is 0 Å². The highest BCUT2D eigenvalue weighted by Crippen LogP contribution is 2.45. The lowest BCUT2D eigenvalue weighted by Crippen LogP contribution is -2.30. The largest absolute Gasteiger partial charge is 0.472 e. The molecule has 0 aliphatic heterocycles. The number of hydrogen-bond acceptors (Lipinski definition) is 15. The zero-order valence-corrected chi connectivity index (χ0v) is 62.0. The SMILES string of the molecule is CCCCCC/C=C\C=C/CCCCCCCC(=O)O[C@H](COC(=O)CCCCCCCCCC(C)C)COP(=O)(O)OCC(O)COP(=O)(O)OC[C@@H](COC(=O)CCCCCCCCCCCCC(C)CC)OC(=O)CCCCCCCCCCCCC(C)CC. The number of carbonyl (C=O) groups excluding carboxylic acids is 4. The molecular formula is C74H140O17P2. The minimum absolute atomic E-state index is 0.0838. The summed E-state index contributed by atoms with van der Waals surface area (Å²) in [5.74, 6) is 0.159. The quantitative estimate of drug-likeness (QED) is 0.0169. The van der Waals surface area contributed by atoms with Gasteiger partial charge in [0, 0.05) is 25.7 Å². The third-order valence-corrected chi connectivity index (χ3v) is 19.1. The van der Waals surface area contributed by atoms with Crippen molar-refractivity contribution in [3.63, 3.8) is 0 Å². The van der Waals surface area contributed by atoms with Gasteiger partial charge in [0.15, 0.2) is 12.2 Å². The van der Waals surface area contributed by atoms with Crippen LogP contribution in [0.2, 0.25) is 0 Å². The molecule has 0 aliphatic rings. The number of phosphoric acid groups is 2. The predicted octanol–water partition coefficient (Wildman–Crippen LogP) is 21.0. The Hall–Kier alpha value is -2.46. The van der Waals surface area contributed by atoms with E-state index < -0.39 is 97.5 Å². The molecule has 0 saturated carbocycles. The monoisotopic (exact) mass is 1360 g/mol. The number of aliphatic hydroxyl groups is 1. The molecule has 0 radical (unpaired) electrons. The minimum Gasteiger partial charge on any atom is -0.462 e. The number of aliphatic hydroxyl groups excluding tert-OH is 1. The van der Waals surface area contributed by atoms with E-state index in [2.05, 4.69) is 72.8 Å². The van der Waals surface area contributed by atoms with Gasteiger partial charge in [-0.3, -0.25) is 37.3 Å². The van der Waals surface area contributed by atoms with Crippen molar-refractivity contribution in [3.05, 3.63) is 24.3 Å². The van der Waals surface area contributed by atoms with Gasteiger partial charge in [-0.05, 0) is 69.1 Å². The van der Waals surface area contributed by atoms with Gasteiger partial charge in [-0.2, -0.15) is 0 Å². The van der Waals surface area contributed by atoms with E-state index in [9.17, 15) is 43.2 Å². The number of unbranched alkanes of at least 4 members (excludes halogenated alkanes) is 33. The summed E-state index contributed by atoms with van der Waals surface area (Å²) in [6.07, 6.45) is 52.0. The van der Waals surface area contributed by atoms with Crippen LogP contribution < -0.4 is 0 Å². The molecule has 0 aromatic heterocycles. The van der Waals surface area contributed by atoms with Gasteiger partial charge < -0.3 is 33.8 Å². The van der Waals surface area contributed by atoms with Gasteiger partial charge in [0.1, 0.15) is 19.3 Å². The Kier molecular flexibility index (Phi) is 62.5. The number of phosphoric ester groups is 2. The van der Waals surface area contributed by atoms with Crippen LogP contribution in [0.25, 0.3) is 0 Å². The maximum atomic E-state index is 13.1. The van der Waals surface area contributed by atoms with Crippen LogP contribution in [0.4, 0.5) is 0 Å². The van der Waals surface area contributed by atoms with E-state index in [1.165, 1.54) is 141 Å². The first-order valence-corrected chi connectivity index (χ1v) is 40.7. The summed E-state index contributed by atoms with van der Waals surface area (Å²) in [4.78, 5) is 72.7. The lowest BCUT2D eigenvalue weighted by molar-refractivity contribution is -0.161. The van der Waals surface area contributed by atoms with Crippen LogP contribution in [-0.2, 0) is 65.4 Å². The molecule has 7 atom stereocenters. The second-order valence-corrected chi connectivity index (χ2v) is 29.9. The van der Waals surface area contributed by atoms with Crippen molar-refractivity contribution in [2.24, 2.45) is 17.8 Å². The fourth-order valence-electron chi connectivity index (χ4n) is 10.6. The lowest BCUT2D eigenvalue weighted by Gasteiger charge is -2.21. The number of rotatable bonds is 70. The highest BCUT2D eigenvalue weighted by molar-refractivity contribution is 7.47. The number of carbonyl (C=O) groups is 4. The first-order valence-electron chi connectivity index (χ1n) is 37.7. The van der Waals surface area contributed by atoms with E-state index in [1.807, 2.05) is 0 Å². The average Bonchev–Trinajstić information content (AvgIpc) is 1.72. The zero-order chi connectivity index (χ0) is 68.7. The smallest absolute Gasteiger partial charge is 0.462 e. The van der Waals surface area contributed by atoms with Crippen molar-refractivity contribution in [3.8, 4) is 0 Å². The van der Waals surface area contributed by atoms with Crippen molar-refractivity contribution in [2.45, 2.75) is 369 Å². The average molecular weight is 1360 g/mol. The van der Waals surface area contributed by atoms with Crippen LogP contribution in [0.1, 0.15) is 350 Å². The van der Waals surface area contributed by atoms with Gasteiger partial charge in [0.25, 0.3) is 0 Å². The summed E-state index contributed by atoms with van der Waals surface area (Å²) >= 11 is 0. The van der Waals surface area contributed by atoms with Crippen molar-refractivity contribution >= 4 is 39.5 Å². The second kappa shape index (κ2) is 64.2.